The van der Waals surface area contributed by atoms with Gasteiger partial charge >= 0.3 is 0 Å². The van der Waals surface area contributed by atoms with Crippen LogP contribution in [0.2, 0.25) is 0 Å². The van der Waals surface area contributed by atoms with E-state index in [0.717, 1.165) is 34.9 Å². The van der Waals surface area contributed by atoms with Gasteiger partial charge in [-0.05, 0) is 29.3 Å². The first-order chi connectivity index (χ1) is 11.8. The lowest BCUT2D eigenvalue weighted by atomic mass is 10.1. The topological polar surface area (TPSA) is 38.8 Å². The van der Waals surface area contributed by atoms with Crippen molar-refractivity contribution in [3.8, 4) is 11.5 Å². The molecule has 2 heterocycles. The fourth-order valence-corrected chi connectivity index (χ4v) is 4.12. The van der Waals surface area contributed by atoms with E-state index < -0.39 is 0 Å². The van der Waals surface area contributed by atoms with E-state index in [0.29, 0.717) is 0 Å². The molecule has 0 bridgehead atoms. The maximum absolute atomic E-state index is 12.6. The zero-order chi connectivity index (χ0) is 16.4. The van der Waals surface area contributed by atoms with Gasteiger partial charge in [-0.25, -0.2) is 0 Å². The number of thioether (sulfide) groups is 1. The van der Waals surface area contributed by atoms with Gasteiger partial charge in [-0.2, -0.15) is 0 Å². The zero-order valence-electron chi connectivity index (χ0n) is 13.1. The highest BCUT2D eigenvalue weighted by atomic mass is 32.2. The predicted octanol–water partition coefficient (Wildman–Crippen LogP) is 3.70. The van der Waals surface area contributed by atoms with E-state index in [9.17, 15) is 4.79 Å². The van der Waals surface area contributed by atoms with Gasteiger partial charge in [-0.3, -0.25) is 4.79 Å². The molecule has 0 radical (unpaired) electrons. The van der Waals surface area contributed by atoms with Gasteiger partial charge in [0.05, 0.1) is 0 Å². The fourth-order valence-electron chi connectivity index (χ4n) is 2.87. The molecular formula is C19H17NO3S. The minimum absolute atomic E-state index is 0.0208. The van der Waals surface area contributed by atoms with Gasteiger partial charge in [-0.1, -0.05) is 36.4 Å². The summed E-state index contributed by atoms with van der Waals surface area (Å²) >= 11 is 1.77. The molecule has 0 saturated carbocycles. The number of rotatable bonds is 3. The van der Waals surface area contributed by atoms with Crippen LogP contribution in [-0.4, -0.2) is 29.9 Å². The van der Waals surface area contributed by atoms with Crippen LogP contribution < -0.4 is 9.47 Å². The van der Waals surface area contributed by atoms with Gasteiger partial charge < -0.3 is 14.4 Å². The van der Waals surface area contributed by atoms with Crippen molar-refractivity contribution in [2.45, 2.75) is 5.37 Å². The van der Waals surface area contributed by atoms with E-state index in [4.69, 9.17) is 9.47 Å². The second-order valence-electron chi connectivity index (χ2n) is 5.61. The van der Waals surface area contributed by atoms with Crippen LogP contribution >= 0.6 is 11.8 Å². The molecule has 2 aromatic rings. The smallest absolute Gasteiger partial charge is 0.247 e. The van der Waals surface area contributed by atoms with E-state index in [2.05, 4.69) is 0 Å². The Morgan fingerprint density at radius 3 is 2.83 bits per heavy atom. The number of carbonyl (C=O) groups is 1. The van der Waals surface area contributed by atoms with Gasteiger partial charge in [0, 0.05) is 18.4 Å². The Balaban J connectivity index is 1.52. The summed E-state index contributed by atoms with van der Waals surface area (Å²) in [5, 5.41) is 0.0208. The molecule has 1 amide bonds. The monoisotopic (exact) mass is 339 g/mol. The number of hydrogen-bond acceptors (Lipinski definition) is 4. The third-order valence-corrected chi connectivity index (χ3v) is 5.33. The molecular weight excluding hydrogens is 322 g/mol. The van der Waals surface area contributed by atoms with Gasteiger partial charge in [0.1, 0.15) is 5.37 Å². The molecule has 0 aliphatic carbocycles. The van der Waals surface area contributed by atoms with Crippen molar-refractivity contribution in [2.75, 3.05) is 19.1 Å². The number of nitrogens with zero attached hydrogens (tertiary/aromatic N) is 1. The minimum atomic E-state index is 0.0208. The number of fused-ring (bicyclic) bond motifs is 1. The normalized spacial score (nSPS) is 19.2. The van der Waals surface area contributed by atoms with Crippen molar-refractivity contribution in [2.24, 2.45) is 0 Å². The molecule has 0 N–H and O–H groups in total. The molecule has 0 aromatic heterocycles. The second kappa shape index (κ2) is 6.61. The molecule has 4 rings (SSSR count). The van der Waals surface area contributed by atoms with Crippen LogP contribution in [-0.2, 0) is 4.79 Å². The molecule has 1 saturated heterocycles. The van der Waals surface area contributed by atoms with Crippen LogP contribution in [0.15, 0.2) is 54.6 Å². The molecule has 5 heteroatoms. The van der Waals surface area contributed by atoms with Gasteiger partial charge in [-0.15, -0.1) is 11.8 Å². The molecule has 0 spiro atoms. The van der Waals surface area contributed by atoms with Crippen LogP contribution in [0, 0.1) is 0 Å². The van der Waals surface area contributed by atoms with Gasteiger partial charge in [0.15, 0.2) is 11.5 Å². The molecule has 1 atom stereocenters. The SMILES string of the molecule is O=C(/C=C/c1ccccc1)N1CCSC1c1ccc2c(c1)OCO2. The van der Waals surface area contributed by atoms with E-state index in [1.807, 2.05) is 59.5 Å². The average Bonchev–Trinajstić information content (AvgIpc) is 3.28. The van der Waals surface area contributed by atoms with Crippen LogP contribution in [0.5, 0.6) is 11.5 Å². The summed E-state index contributed by atoms with van der Waals surface area (Å²) in [4.78, 5) is 14.5. The summed E-state index contributed by atoms with van der Waals surface area (Å²) in [7, 11) is 0. The number of amides is 1. The van der Waals surface area contributed by atoms with E-state index in [1.54, 1.807) is 17.8 Å². The lowest BCUT2D eigenvalue weighted by Gasteiger charge is -2.23. The number of hydrogen-bond donors (Lipinski definition) is 0. The Morgan fingerprint density at radius 2 is 1.96 bits per heavy atom. The third-order valence-electron chi connectivity index (χ3n) is 4.07. The highest BCUT2D eigenvalue weighted by Crippen LogP contribution is 2.42. The minimum Gasteiger partial charge on any atom is -0.454 e. The van der Waals surface area contributed by atoms with Crippen LogP contribution in [0.4, 0.5) is 0 Å². The lowest BCUT2D eigenvalue weighted by Crippen LogP contribution is -2.28. The third kappa shape index (κ3) is 2.99. The Morgan fingerprint density at radius 1 is 1.12 bits per heavy atom. The van der Waals surface area contributed by atoms with Crippen molar-refractivity contribution in [1.29, 1.82) is 0 Å². The molecule has 1 fully saturated rings. The van der Waals surface area contributed by atoms with E-state index in [1.165, 1.54) is 0 Å². The zero-order valence-corrected chi connectivity index (χ0v) is 13.9. The standard InChI is InChI=1S/C19H17NO3S/c21-18(9-6-14-4-2-1-3-5-14)20-10-11-24-19(20)15-7-8-16-17(12-15)23-13-22-16/h1-9,12,19H,10-11,13H2/b9-6+. The Hall–Kier alpha value is -2.40. The first kappa shape index (κ1) is 15.1. The Labute approximate surface area is 145 Å². The van der Waals surface area contributed by atoms with Crippen LogP contribution in [0.1, 0.15) is 16.5 Å². The quantitative estimate of drug-likeness (QED) is 0.799. The van der Waals surface area contributed by atoms with Crippen LogP contribution in [0.25, 0.3) is 6.08 Å². The Bertz CT molecular complexity index is 775. The summed E-state index contributed by atoms with van der Waals surface area (Å²) in [5.41, 5.74) is 2.10. The lowest BCUT2D eigenvalue weighted by molar-refractivity contribution is -0.126. The summed E-state index contributed by atoms with van der Waals surface area (Å²) in [5.74, 6) is 2.49. The summed E-state index contributed by atoms with van der Waals surface area (Å²) in [6.07, 6.45) is 3.52. The summed E-state index contributed by atoms with van der Waals surface area (Å²) in [6, 6.07) is 15.8. The van der Waals surface area contributed by atoms with Crippen LogP contribution in [0.3, 0.4) is 0 Å². The molecule has 24 heavy (non-hydrogen) atoms. The predicted molar refractivity (Wildman–Crippen MR) is 95.0 cm³/mol. The van der Waals surface area contributed by atoms with Crippen molar-refractivity contribution in [3.05, 3.63) is 65.7 Å². The molecule has 2 aliphatic rings. The van der Waals surface area contributed by atoms with Crippen molar-refractivity contribution in [3.63, 3.8) is 0 Å². The molecule has 2 aromatic carbocycles. The Kier molecular flexibility index (Phi) is 4.17. The number of carbonyl (C=O) groups excluding carboxylic acids is 1. The van der Waals surface area contributed by atoms with Gasteiger partial charge in [0.2, 0.25) is 12.7 Å². The van der Waals surface area contributed by atoms with E-state index >= 15 is 0 Å². The largest absolute Gasteiger partial charge is 0.454 e. The number of ether oxygens (including phenoxy) is 2. The maximum Gasteiger partial charge on any atom is 0.247 e. The van der Waals surface area contributed by atoms with Crippen molar-refractivity contribution < 1.29 is 14.3 Å². The van der Waals surface area contributed by atoms with E-state index in [-0.39, 0.29) is 18.1 Å². The second-order valence-corrected chi connectivity index (χ2v) is 6.80. The average molecular weight is 339 g/mol. The molecule has 1 unspecified atom stereocenters. The fraction of sp³-hybridized carbons (Fsp3) is 0.211. The summed E-state index contributed by atoms with van der Waals surface area (Å²) in [6.45, 7) is 1.01. The molecule has 2 aliphatic heterocycles. The highest BCUT2D eigenvalue weighted by molar-refractivity contribution is 7.99. The molecule has 122 valence electrons. The van der Waals surface area contributed by atoms with Crippen molar-refractivity contribution in [1.82, 2.24) is 4.90 Å². The summed E-state index contributed by atoms with van der Waals surface area (Å²) < 4.78 is 10.8. The van der Waals surface area contributed by atoms with Crippen molar-refractivity contribution >= 4 is 23.7 Å². The first-order valence-corrected chi connectivity index (χ1v) is 8.91. The highest BCUT2D eigenvalue weighted by Gasteiger charge is 2.30. The first-order valence-electron chi connectivity index (χ1n) is 7.86. The maximum atomic E-state index is 12.6. The van der Waals surface area contributed by atoms with Gasteiger partial charge in [0.25, 0.3) is 0 Å². The number of benzene rings is 2. The molecule has 4 nitrogen and oxygen atoms in total.